The first kappa shape index (κ1) is 12.1. The number of benzene rings is 1. The Hall–Kier alpha value is -2.36. The van der Waals surface area contributed by atoms with Crippen LogP contribution in [-0.2, 0) is 0 Å². The van der Waals surface area contributed by atoms with E-state index in [-0.39, 0.29) is 11.7 Å². The molecular weight excluding hydrogens is 228 g/mol. The van der Waals surface area contributed by atoms with Crippen molar-refractivity contribution in [2.24, 2.45) is 0 Å². The number of carbonyl (C=O) groups excluding carboxylic acids is 1. The van der Waals surface area contributed by atoms with Gasteiger partial charge >= 0.3 is 0 Å². The van der Waals surface area contributed by atoms with Crippen LogP contribution in [0, 0.1) is 13.8 Å². The van der Waals surface area contributed by atoms with Gasteiger partial charge in [0.25, 0.3) is 5.91 Å². The predicted octanol–water partition coefficient (Wildman–Crippen LogP) is 2.66. The van der Waals surface area contributed by atoms with E-state index in [1.807, 2.05) is 13.0 Å². The van der Waals surface area contributed by atoms with Crippen molar-refractivity contribution in [3.05, 3.63) is 53.2 Å². The van der Waals surface area contributed by atoms with Gasteiger partial charge in [-0.2, -0.15) is 0 Å². The van der Waals surface area contributed by atoms with E-state index < -0.39 is 0 Å². The molecule has 0 aliphatic heterocycles. The third kappa shape index (κ3) is 2.66. The van der Waals surface area contributed by atoms with E-state index in [1.54, 1.807) is 31.3 Å². The summed E-state index contributed by atoms with van der Waals surface area (Å²) in [6, 6.07) is 8.27. The molecule has 2 N–H and O–H groups in total. The first-order valence-corrected chi connectivity index (χ1v) is 5.60. The lowest BCUT2D eigenvalue weighted by Crippen LogP contribution is -2.14. The molecule has 0 unspecified atom stereocenters. The normalized spacial score (nSPS) is 10.1. The van der Waals surface area contributed by atoms with Gasteiger partial charge in [-0.25, -0.2) is 4.98 Å². The number of hydrogen-bond donors (Lipinski definition) is 2. The maximum absolute atomic E-state index is 12.0. The van der Waals surface area contributed by atoms with Crippen LogP contribution < -0.4 is 5.32 Å². The number of anilines is 1. The summed E-state index contributed by atoms with van der Waals surface area (Å²) in [7, 11) is 0. The number of pyridine rings is 1. The fraction of sp³-hybridized carbons (Fsp3) is 0.143. The van der Waals surface area contributed by atoms with Crippen LogP contribution in [0.25, 0.3) is 0 Å². The van der Waals surface area contributed by atoms with Crippen molar-refractivity contribution in [3.63, 3.8) is 0 Å². The van der Waals surface area contributed by atoms with Gasteiger partial charge in [0.05, 0.1) is 0 Å². The molecule has 0 fully saturated rings. The van der Waals surface area contributed by atoms with E-state index >= 15 is 0 Å². The van der Waals surface area contributed by atoms with Gasteiger partial charge in [0.2, 0.25) is 0 Å². The van der Waals surface area contributed by atoms with Crippen LogP contribution >= 0.6 is 0 Å². The summed E-state index contributed by atoms with van der Waals surface area (Å²) < 4.78 is 0. The molecule has 4 heteroatoms. The van der Waals surface area contributed by atoms with E-state index in [1.165, 1.54) is 6.07 Å². The van der Waals surface area contributed by atoms with Crippen LogP contribution in [0.5, 0.6) is 5.75 Å². The van der Waals surface area contributed by atoms with Gasteiger partial charge in [0.1, 0.15) is 11.6 Å². The minimum Gasteiger partial charge on any atom is -0.508 e. The third-order valence-corrected chi connectivity index (χ3v) is 2.61. The molecule has 0 spiro atoms. The molecule has 92 valence electrons. The molecule has 0 saturated heterocycles. The summed E-state index contributed by atoms with van der Waals surface area (Å²) >= 11 is 0. The van der Waals surface area contributed by atoms with Gasteiger partial charge in [-0.3, -0.25) is 4.79 Å². The molecule has 0 saturated carbocycles. The Kier molecular flexibility index (Phi) is 3.28. The Labute approximate surface area is 105 Å². The first-order valence-electron chi connectivity index (χ1n) is 5.60. The number of aryl methyl sites for hydroxylation is 2. The molecule has 18 heavy (non-hydrogen) atoms. The van der Waals surface area contributed by atoms with Crippen molar-refractivity contribution < 1.29 is 9.90 Å². The van der Waals surface area contributed by atoms with E-state index in [0.717, 1.165) is 11.1 Å². The van der Waals surface area contributed by atoms with Crippen molar-refractivity contribution in [3.8, 4) is 5.75 Å². The molecule has 1 aromatic heterocycles. The smallest absolute Gasteiger partial charge is 0.257 e. The fourth-order valence-corrected chi connectivity index (χ4v) is 1.63. The maximum Gasteiger partial charge on any atom is 0.257 e. The number of amides is 1. The molecule has 0 bridgehead atoms. The number of phenols is 1. The number of nitrogens with zero attached hydrogens (tertiary/aromatic N) is 1. The van der Waals surface area contributed by atoms with Crippen molar-refractivity contribution in [2.75, 3.05) is 5.32 Å². The highest BCUT2D eigenvalue weighted by molar-refractivity contribution is 6.04. The highest BCUT2D eigenvalue weighted by atomic mass is 16.3. The van der Waals surface area contributed by atoms with Crippen molar-refractivity contribution in [1.82, 2.24) is 4.98 Å². The third-order valence-electron chi connectivity index (χ3n) is 2.61. The highest BCUT2D eigenvalue weighted by Crippen LogP contribution is 2.16. The molecule has 0 atom stereocenters. The Morgan fingerprint density at radius 2 is 2.00 bits per heavy atom. The number of phenolic OH excluding ortho intramolecular Hbond substituents is 1. The van der Waals surface area contributed by atoms with E-state index in [0.29, 0.717) is 11.4 Å². The molecule has 2 aromatic rings. The molecule has 1 aromatic carbocycles. The fourth-order valence-electron chi connectivity index (χ4n) is 1.63. The summed E-state index contributed by atoms with van der Waals surface area (Å²) in [5.74, 6) is 0.430. The monoisotopic (exact) mass is 242 g/mol. The second-order valence-electron chi connectivity index (χ2n) is 4.17. The van der Waals surface area contributed by atoms with Gasteiger partial charge in [0, 0.05) is 11.8 Å². The van der Waals surface area contributed by atoms with Gasteiger partial charge < -0.3 is 10.4 Å². The molecule has 0 aliphatic carbocycles. The van der Waals surface area contributed by atoms with Crippen LogP contribution in [-0.4, -0.2) is 16.0 Å². The van der Waals surface area contributed by atoms with Gasteiger partial charge in [-0.1, -0.05) is 6.07 Å². The zero-order chi connectivity index (χ0) is 13.1. The topological polar surface area (TPSA) is 62.2 Å². The Bertz CT molecular complexity index is 577. The van der Waals surface area contributed by atoms with Crippen LogP contribution in [0.4, 0.5) is 5.82 Å². The molecule has 0 aliphatic rings. The lowest BCUT2D eigenvalue weighted by atomic mass is 10.1. The summed E-state index contributed by atoms with van der Waals surface area (Å²) in [6.45, 7) is 3.71. The predicted molar refractivity (Wildman–Crippen MR) is 69.8 cm³/mol. The van der Waals surface area contributed by atoms with Gasteiger partial charge in [-0.15, -0.1) is 0 Å². The van der Waals surface area contributed by atoms with Crippen molar-refractivity contribution >= 4 is 11.7 Å². The Morgan fingerprint density at radius 1 is 1.22 bits per heavy atom. The minimum atomic E-state index is -0.233. The minimum absolute atomic E-state index is 0.150. The summed E-state index contributed by atoms with van der Waals surface area (Å²) in [4.78, 5) is 16.1. The number of hydrogen-bond acceptors (Lipinski definition) is 3. The first-order chi connectivity index (χ1) is 8.56. The van der Waals surface area contributed by atoms with Crippen molar-refractivity contribution in [2.45, 2.75) is 13.8 Å². The van der Waals surface area contributed by atoms with E-state index in [2.05, 4.69) is 10.3 Å². The second kappa shape index (κ2) is 4.87. The Morgan fingerprint density at radius 3 is 2.61 bits per heavy atom. The van der Waals surface area contributed by atoms with Gasteiger partial charge in [0.15, 0.2) is 0 Å². The molecule has 4 nitrogen and oxygen atoms in total. The van der Waals surface area contributed by atoms with Crippen LogP contribution in [0.3, 0.4) is 0 Å². The molecular formula is C14H14N2O2. The average Bonchev–Trinajstić information content (AvgIpc) is 2.32. The number of aromatic nitrogens is 1. The highest BCUT2D eigenvalue weighted by Gasteiger charge is 2.10. The molecule has 1 amide bonds. The van der Waals surface area contributed by atoms with E-state index in [4.69, 9.17) is 0 Å². The zero-order valence-electron chi connectivity index (χ0n) is 10.3. The number of carbonyl (C=O) groups is 1. The molecule has 0 radical (unpaired) electrons. The van der Waals surface area contributed by atoms with Gasteiger partial charge in [-0.05, 0) is 49.2 Å². The van der Waals surface area contributed by atoms with E-state index in [9.17, 15) is 9.90 Å². The molecule has 1 heterocycles. The largest absolute Gasteiger partial charge is 0.508 e. The average molecular weight is 242 g/mol. The number of nitrogens with one attached hydrogen (secondary N) is 1. The van der Waals surface area contributed by atoms with Crippen LogP contribution in [0.1, 0.15) is 21.5 Å². The lowest BCUT2D eigenvalue weighted by Gasteiger charge is -2.07. The number of rotatable bonds is 2. The summed E-state index contributed by atoms with van der Waals surface area (Å²) in [5.41, 5.74) is 2.28. The summed E-state index contributed by atoms with van der Waals surface area (Å²) in [5, 5.41) is 12.0. The maximum atomic E-state index is 12.0. The second-order valence-corrected chi connectivity index (χ2v) is 4.17. The lowest BCUT2D eigenvalue weighted by molar-refractivity contribution is 0.102. The molecule has 2 rings (SSSR count). The Balaban J connectivity index is 2.19. The summed E-state index contributed by atoms with van der Waals surface area (Å²) in [6.07, 6.45) is 1.69. The zero-order valence-corrected chi connectivity index (χ0v) is 10.3. The standard InChI is InChI=1S/C14H14N2O2/c1-9-3-6-13(15-8-9)16-14(18)12-5-4-11(17)7-10(12)2/h3-8,17H,1-2H3,(H,15,16,18). The number of aromatic hydroxyl groups is 1. The van der Waals surface area contributed by atoms with Crippen LogP contribution in [0.2, 0.25) is 0 Å². The SMILES string of the molecule is Cc1ccc(NC(=O)c2ccc(O)cc2C)nc1. The quantitative estimate of drug-likeness (QED) is 0.851. The van der Waals surface area contributed by atoms with Crippen LogP contribution in [0.15, 0.2) is 36.5 Å². The van der Waals surface area contributed by atoms with Crippen molar-refractivity contribution in [1.29, 1.82) is 0 Å².